The van der Waals surface area contributed by atoms with Crippen LogP contribution < -0.4 is 9.47 Å². The first-order valence-electron chi connectivity index (χ1n) is 11.2. The standard InChI is InChI=1S/C28H30O6/c1-19(33-24-13-9-21(10-14-24)18-26(32-3)28(30)31)17-20(2)34-25-15-11-23(12-16-25)27(29)22-7-5-4-6-8-22/h4-16,19-20,26H,17-18H2,1-3H3,(H,30,31)/t19-,20-,26+/m1/s1. The Morgan fingerprint density at radius 2 is 1.26 bits per heavy atom. The maximum Gasteiger partial charge on any atom is 0.333 e. The molecule has 0 aromatic heterocycles. The Hall–Kier alpha value is -3.64. The molecule has 0 bridgehead atoms. The van der Waals surface area contributed by atoms with E-state index in [2.05, 4.69) is 0 Å². The van der Waals surface area contributed by atoms with Gasteiger partial charge in [0.25, 0.3) is 0 Å². The van der Waals surface area contributed by atoms with Crippen LogP contribution in [0.1, 0.15) is 41.8 Å². The van der Waals surface area contributed by atoms with Gasteiger partial charge < -0.3 is 19.3 Å². The molecule has 6 heteroatoms. The van der Waals surface area contributed by atoms with Gasteiger partial charge in [-0.2, -0.15) is 0 Å². The number of benzene rings is 3. The van der Waals surface area contributed by atoms with Gasteiger partial charge in [0.05, 0.1) is 12.2 Å². The Morgan fingerprint density at radius 1 is 0.765 bits per heavy atom. The zero-order chi connectivity index (χ0) is 24.5. The van der Waals surface area contributed by atoms with Crippen LogP contribution in [0.3, 0.4) is 0 Å². The lowest BCUT2D eigenvalue weighted by Crippen LogP contribution is -2.24. The summed E-state index contributed by atoms with van der Waals surface area (Å²) in [4.78, 5) is 23.6. The number of ether oxygens (including phenoxy) is 3. The molecule has 0 heterocycles. The van der Waals surface area contributed by atoms with Crippen LogP contribution in [0, 0.1) is 0 Å². The monoisotopic (exact) mass is 462 g/mol. The SMILES string of the molecule is CO[C@@H](Cc1ccc(O[C@H](C)C[C@@H](C)Oc2ccc(C(=O)c3ccccc3)cc2)cc1)C(=O)O. The number of hydrogen-bond acceptors (Lipinski definition) is 5. The van der Waals surface area contributed by atoms with Crippen LogP contribution in [0.4, 0.5) is 0 Å². The first-order chi connectivity index (χ1) is 16.4. The van der Waals surface area contributed by atoms with E-state index < -0.39 is 12.1 Å². The summed E-state index contributed by atoms with van der Waals surface area (Å²) in [5.74, 6) is 0.396. The van der Waals surface area contributed by atoms with E-state index in [4.69, 9.17) is 19.3 Å². The molecule has 0 aliphatic rings. The molecule has 0 amide bonds. The first kappa shape index (κ1) is 25.0. The molecule has 0 aliphatic carbocycles. The fraction of sp³-hybridized carbons (Fsp3) is 0.286. The third-order valence-electron chi connectivity index (χ3n) is 5.40. The van der Waals surface area contributed by atoms with Crippen molar-refractivity contribution in [3.05, 3.63) is 95.6 Å². The number of methoxy groups -OCH3 is 1. The van der Waals surface area contributed by atoms with Crippen molar-refractivity contribution in [2.75, 3.05) is 7.11 Å². The van der Waals surface area contributed by atoms with Crippen LogP contribution in [0.15, 0.2) is 78.9 Å². The molecule has 0 fully saturated rings. The average molecular weight is 463 g/mol. The zero-order valence-electron chi connectivity index (χ0n) is 19.6. The largest absolute Gasteiger partial charge is 0.491 e. The minimum atomic E-state index is -0.983. The zero-order valence-corrected chi connectivity index (χ0v) is 19.6. The second-order valence-corrected chi connectivity index (χ2v) is 8.22. The second-order valence-electron chi connectivity index (χ2n) is 8.22. The molecule has 0 aliphatic heterocycles. The number of carboxylic acid groups (broad SMARTS) is 1. The summed E-state index contributed by atoms with van der Waals surface area (Å²) in [7, 11) is 1.39. The predicted octanol–water partition coefficient (Wildman–Crippen LogP) is 5.18. The first-order valence-corrected chi connectivity index (χ1v) is 11.2. The lowest BCUT2D eigenvalue weighted by Gasteiger charge is -2.20. The summed E-state index contributed by atoms with van der Waals surface area (Å²) >= 11 is 0. The number of rotatable bonds is 12. The van der Waals surface area contributed by atoms with Crippen molar-refractivity contribution < 1.29 is 28.9 Å². The Bertz CT molecular complexity index is 1060. The van der Waals surface area contributed by atoms with E-state index >= 15 is 0 Å². The van der Waals surface area contributed by atoms with Crippen molar-refractivity contribution in [3.63, 3.8) is 0 Å². The van der Waals surface area contributed by atoms with Gasteiger partial charge in [-0.05, 0) is 55.8 Å². The molecule has 0 saturated heterocycles. The van der Waals surface area contributed by atoms with Crippen molar-refractivity contribution in [1.29, 1.82) is 0 Å². The third kappa shape index (κ3) is 7.18. The Labute approximate surface area is 200 Å². The number of ketones is 1. The Balaban J connectivity index is 1.48. The van der Waals surface area contributed by atoms with Crippen molar-refractivity contribution in [2.45, 2.75) is 45.0 Å². The number of aliphatic carboxylic acids is 1. The van der Waals surface area contributed by atoms with Crippen molar-refractivity contribution in [1.82, 2.24) is 0 Å². The summed E-state index contributed by atoms with van der Waals surface area (Å²) < 4.78 is 17.0. The highest BCUT2D eigenvalue weighted by molar-refractivity contribution is 6.08. The van der Waals surface area contributed by atoms with Crippen molar-refractivity contribution in [2.24, 2.45) is 0 Å². The third-order valence-corrected chi connectivity index (χ3v) is 5.40. The van der Waals surface area contributed by atoms with Crippen LogP contribution >= 0.6 is 0 Å². The van der Waals surface area contributed by atoms with Crippen LogP contribution in [0.2, 0.25) is 0 Å². The molecule has 3 atom stereocenters. The van der Waals surface area contributed by atoms with E-state index in [0.29, 0.717) is 35.5 Å². The number of hydrogen-bond donors (Lipinski definition) is 1. The van der Waals surface area contributed by atoms with Gasteiger partial charge in [0.1, 0.15) is 11.5 Å². The number of carboxylic acids is 1. The summed E-state index contributed by atoms with van der Waals surface area (Å²) in [5, 5.41) is 9.11. The minimum absolute atomic E-state index is 0.0195. The highest BCUT2D eigenvalue weighted by Crippen LogP contribution is 2.20. The highest BCUT2D eigenvalue weighted by atomic mass is 16.5. The van der Waals surface area contributed by atoms with Crippen LogP contribution in [0.25, 0.3) is 0 Å². The molecule has 0 saturated carbocycles. The van der Waals surface area contributed by atoms with Crippen molar-refractivity contribution >= 4 is 11.8 Å². The van der Waals surface area contributed by atoms with Crippen molar-refractivity contribution in [3.8, 4) is 11.5 Å². The van der Waals surface area contributed by atoms with Gasteiger partial charge in [-0.3, -0.25) is 4.79 Å². The molecular weight excluding hydrogens is 432 g/mol. The normalized spacial score (nSPS) is 13.5. The molecular formula is C28H30O6. The van der Waals surface area contributed by atoms with Crippen LogP contribution in [-0.4, -0.2) is 42.3 Å². The lowest BCUT2D eigenvalue weighted by molar-refractivity contribution is -0.148. The van der Waals surface area contributed by atoms with E-state index in [1.54, 1.807) is 36.4 Å². The molecule has 3 aromatic rings. The number of carbonyl (C=O) groups is 2. The lowest BCUT2D eigenvalue weighted by atomic mass is 10.0. The summed E-state index contributed by atoms with van der Waals surface area (Å²) in [6.45, 7) is 3.95. The molecule has 6 nitrogen and oxygen atoms in total. The minimum Gasteiger partial charge on any atom is -0.491 e. The Morgan fingerprint density at radius 3 is 1.76 bits per heavy atom. The summed E-state index contributed by atoms with van der Waals surface area (Å²) in [6, 6.07) is 23.7. The predicted molar refractivity (Wildman–Crippen MR) is 130 cm³/mol. The van der Waals surface area contributed by atoms with Gasteiger partial charge in [-0.15, -0.1) is 0 Å². The van der Waals surface area contributed by atoms with Gasteiger partial charge >= 0.3 is 5.97 Å². The van der Waals surface area contributed by atoms with E-state index in [1.807, 2.05) is 56.3 Å². The van der Waals surface area contributed by atoms with Crippen LogP contribution in [-0.2, 0) is 16.0 Å². The topological polar surface area (TPSA) is 82.1 Å². The molecule has 0 radical (unpaired) electrons. The van der Waals surface area contributed by atoms with E-state index in [9.17, 15) is 9.59 Å². The fourth-order valence-electron chi connectivity index (χ4n) is 3.66. The second kappa shape index (κ2) is 12.0. The Kier molecular flexibility index (Phi) is 8.82. The van der Waals surface area contributed by atoms with E-state index in [-0.39, 0.29) is 18.0 Å². The molecule has 0 unspecified atom stereocenters. The maximum atomic E-state index is 12.5. The molecule has 3 rings (SSSR count). The molecule has 3 aromatic carbocycles. The fourth-order valence-corrected chi connectivity index (χ4v) is 3.66. The van der Waals surface area contributed by atoms with Gasteiger partial charge in [-0.25, -0.2) is 4.79 Å². The molecule has 0 spiro atoms. The maximum absolute atomic E-state index is 12.5. The molecule has 34 heavy (non-hydrogen) atoms. The summed E-state index contributed by atoms with van der Waals surface area (Å²) in [6.07, 6.45) is -0.0952. The smallest absolute Gasteiger partial charge is 0.333 e. The van der Waals surface area contributed by atoms with Crippen LogP contribution in [0.5, 0.6) is 11.5 Å². The average Bonchev–Trinajstić information content (AvgIpc) is 2.83. The van der Waals surface area contributed by atoms with E-state index in [0.717, 1.165) is 5.56 Å². The van der Waals surface area contributed by atoms with Gasteiger partial charge in [0, 0.05) is 31.1 Å². The summed E-state index contributed by atoms with van der Waals surface area (Å²) in [5.41, 5.74) is 2.13. The molecule has 1 N–H and O–H groups in total. The van der Waals surface area contributed by atoms with E-state index in [1.165, 1.54) is 7.11 Å². The van der Waals surface area contributed by atoms with Gasteiger partial charge in [-0.1, -0.05) is 42.5 Å². The number of carbonyl (C=O) groups excluding carboxylic acids is 1. The molecule has 178 valence electrons. The van der Waals surface area contributed by atoms with Gasteiger partial charge in [0.15, 0.2) is 11.9 Å². The van der Waals surface area contributed by atoms with Gasteiger partial charge in [0.2, 0.25) is 0 Å². The highest BCUT2D eigenvalue weighted by Gasteiger charge is 2.17. The quantitative estimate of drug-likeness (QED) is 0.373.